The lowest BCUT2D eigenvalue weighted by Crippen LogP contribution is -2.23. The van der Waals surface area contributed by atoms with Crippen LogP contribution >= 0.6 is 11.3 Å². The van der Waals surface area contributed by atoms with Crippen LogP contribution in [0.1, 0.15) is 12.6 Å². The van der Waals surface area contributed by atoms with Gasteiger partial charge in [-0.1, -0.05) is 0 Å². The molecule has 1 aromatic rings. The zero-order valence-electron chi connectivity index (χ0n) is 12.9. The molecule has 2 rings (SSSR count). The fraction of sp³-hybridized carbons (Fsp3) is 0.429. The van der Waals surface area contributed by atoms with Crippen molar-refractivity contribution in [2.24, 2.45) is 0 Å². The van der Waals surface area contributed by atoms with Gasteiger partial charge >= 0.3 is 11.9 Å². The number of amides is 1. The van der Waals surface area contributed by atoms with Crippen LogP contribution in [0.3, 0.4) is 0 Å². The first kappa shape index (κ1) is 17.7. The molecule has 2 heterocycles. The molecule has 0 radical (unpaired) electrons. The van der Waals surface area contributed by atoms with E-state index in [1.165, 1.54) is 0 Å². The van der Waals surface area contributed by atoms with Crippen molar-refractivity contribution in [1.82, 2.24) is 4.98 Å². The third kappa shape index (κ3) is 5.54. The lowest BCUT2D eigenvalue weighted by molar-refractivity contribution is -0.148. The van der Waals surface area contributed by atoms with Crippen LogP contribution in [0.2, 0.25) is 0 Å². The van der Waals surface area contributed by atoms with E-state index in [0.717, 1.165) is 17.6 Å². The van der Waals surface area contributed by atoms with Gasteiger partial charge < -0.3 is 18.9 Å². The Balaban J connectivity index is 1.76. The zero-order chi connectivity index (χ0) is 17.4. The normalized spacial score (nSPS) is 13.1. The van der Waals surface area contributed by atoms with Crippen molar-refractivity contribution in [3.8, 4) is 0 Å². The van der Waals surface area contributed by atoms with E-state index in [1.807, 2.05) is 0 Å². The predicted molar refractivity (Wildman–Crippen MR) is 82.0 cm³/mol. The minimum atomic E-state index is -0.785. The lowest BCUT2D eigenvalue weighted by atomic mass is 10.3. The summed E-state index contributed by atoms with van der Waals surface area (Å²) >= 11 is 1.15. The highest BCUT2D eigenvalue weighted by Crippen LogP contribution is 2.16. The predicted octanol–water partition coefficient (Wildman–Crippen LogP) is 0.619. The molecule has 0 saturated heterocycles. The van der Waals surface area contributed by atoms with E-state index in [1.54, 1.807) is 12.3 Å². The molecule has 0 fully saturated rings. The molecule has 0 aromatic carbocycles. The van der Waals surface area contributed by atoms with Crippen LogP contribution in [0.15, 0.2) is 17.4 Å². The first-order valence-electron chi connectivity index (χ1n) is 7.10. The van der Waals surface area contributed by atoms with Gasteiger partial charge in [0.05, 0.1) is 18.7 Å². The number of nitrogens with zero attached hydrogens (tertiary/aromatic N) is 1. The molecule has 0 spiro atoms. The van der Waals surface area contributed by atoms with E-state index in [2.05, 4.69) is 10.3 Å². The summed E-state index contributed by atoms with van der Waals surface area (Å²) in [4.78, 5) is 38.8. The molecule has 1 amide bonds. The number of hydrogen-bond donors (Lipinski definition) is 1. The van der Waals surface area contributed by atoms with Crippen LogP contribution in [0.4, 0.5) is 5.13 Å². The SMILES string of the molecule is CCOC(=O)Cc1csc(NC(=O)COC(=O)C2=COCCO2)n1. The summed E-state index contributed by atoms with van der Waals surface area (Å²) in [5, 5.41) is 4.41. The molecule has 130 valence electrons. The molecule has 0 unspecified atom stereocenters. The molecular formula is C14H16N2O7S. The maximum Gasteiger partial charge on any atom is 0.377 e. The highest BCUT2D eigenvalue weighted by Gasteiger charge is 2.18. The molecule has 0 bridgehead atoms. The van der Waals surface area contributed by atoms with E-state index < -0.39 is 24.5 Å². The first-order chi connectivity index (χ1) is 11.6. The summed E-state index contributed by atoms with van der Waals surface area (Å²) in [6, 6.07) is 0. The van der Waals surface area contributed by atoms with E-state index in [4.69, 9.17) is 18.9 Å². The van der Waals surface area contributed by atoms with Crippen molar-refractivity contribution in [3.63, 3.8) is 0 Å². The minimum Gasteiger partial charge on any atom is -0.493 e. The minimum absolute atomic E-state index is 0.0285. The summed E-state index contributed by atoms with van der Waals surface area (Å²) in [5.74, 6) is -1.82. The molecule has 0 saturated carbocycles. The van der Waals surface area contributed by atoms with E-state index in [9.17, 15) is 14.4 Å². The Morgan fingerprint density at radius 2 is 2.17 bits per heavy atom. The Morgan fingerprint density at radius 3 is 2.88 bits per heavy atom. The fourth-order valence-corrected chi connectivity index (χ4v) is 2.36. The first-order valence-corrected chi connectivity index (χ1v) is 7.98. The molecule has 1 aromatic heterocycles. The number of hydrogen-bond acceptors (Lipinski definition) is 9. The number of thiazole rings is 1. The zero-order valence-corrected chi connectivity index (χ0v) is 13.7. The Bertz CT molecular complexity index is 641. The number of rotatable bonds is 7. The van der Waals surface area contributed by atoms with Crippen molar-refractivity contribution in [3.05, 3.63) is 23.1 Å². The number of aromatic nitrogens is 1. The van der Waals surface area contributed by atoms with Crippen LogP contribution in [-0.4, -0.2) is 49.3 Å². The summed E-state index contributed by atoms with van der Waals surface area (Å²) in [5.41, 5.74) is 0.489. The third-order valence-electron chi connectivity index (χ3n) is 2.61. The fourth-order valence-electron chi connectivity index (χ4n) is 1.64. The molecule has 1 N–H and O–H groups in total. The van der Waals surface area contributed by atoms with Gasteiger partial charge in [-0.05, 0) is 6.92 Å². The summed E-state index contributed by atoms with van der Waals surface area (Å²) < 4.78 is 19.6. The summed E-state index contributed by atoms with van der Waals surface area (Å²) in [6.45, 7) is 2.12. The van der Waals surface area contributed by atoms with E-state index in [-0.39, 0.29) is 18.8 Å². The number of carbonyl (C=O) groups excluding carboxylic acids is 3. The van der Waals surface area contributed by atoms with E-state index in [0.29, 0.717) is 24.0 Å². The second-order valence-electron chi connectivity index (χ2n) is 4.45. The quantitative estimate of drug-likeness (QED) is 0.707. The maximum atomic E-state index is 11.7. The Hall–Kier alpha value is -2.62. The molecule has 10 heteroatoms. The lowest BCUT2D eigenvalue weighted by Gasteiger charge is -2.14. The molecule has 9 nitrogen and oxygen atoms in total. The molecule has 1 aliphatic rings. The Morgan fingerprint density at radius 1 is 1.33 bits per heavy atom. The van der Waals surface area contributed by atoms with Gasteiger partial charge in [0, 0.05) is 5.38 Å². The molecule has 24 heavy (non-hydrogen) atoms. The van der Waals surface area contributed by atoms with Crippen LogP contribution in [-0.2, 0) is 39.8 Å². The van der Waals surface area contributed by atoms with Crippen molar-refractivity contribution in [2.75, 3.05) is 31.7 Å². The number of ether oxygens (including phenoxy) is 4. The second-order valence-corrected chi connectivity index (χ2v) is 5.31. The van der Waals surface area contributed by atoms with Crippen LogP contribution in [0.5, 0.6) is 0 Å². The largest absolute Gasteiger partial charge is 0.493 e. The maximum absolute atomic E-state index is 11.7. The van der Waals surface area contributed by atoms with Crippen molar-refractivity contribution in [2.45, 2.75) is 13.3 Å². The number of nitrogens with one attached hydrogen (secondary N) is 1. The van der Waals surface area contributed by atoms with Gasteiger partial charge in [0.25, 0.3) is 5.91 Å². The monoisotopic (exact) mass is 356 g/mol. The Kier molecular flexibility index (Phi) is 6.55. The Labute approximate surface area is 141 Å². The summed E-state index contributed by atoms with van der Waals surface area (Å²) in [6.07, 6.45) is 1.17. The van der Waals surface area contributed by atoms with Crippen molar-refractivity contribution in [1.29, 1.82) is 0 Å². The van der Waals surface area contributed by atoms with Gasteiger partial charge in [0.1, 0.15) is 19.5 Å². The third-order valence-corrected chi connectivity index (χ3v) is 3.42. The van der Waals surface area contributed by atoms with Crippen LogP contribution < -0.4 is 5.32 Å². The molecule has 0 aliphatic carbocycles. The average molecular weight is 356 g/mol. The van der Waals surface area contributed by atoms with E-state index >= 15 is 0 Å². The molecule has 1 aliphatic heterocycles. The highest BCUT2D eigenvalue weighted by molar-refractivity contribution is 7.13. The van der Waals surface area contributed by atoms with Gasteiger partial charge in [-0.2, -0.15) is 0 Å². The second kappa shape index (κ2) is 8.87. The highest BCUT2D eigenvalue weighted by atomic mass is 32.1. The standard InChI is InChI=1S/C14H16N2O7S/c1-2-21-12(18)5-9-8-24-14(15-9)16-11(17)7-23-13(19)10-6-20-3-4-22-10/h6,8H,2-5,7H2,1H3,(H,15,16,17). The van der Waals surface area contributed by atoms with Gasteiger partial charge in [-0.3, -0.25) is 14.9 Å². The van der Waals surface area contributed by atoms with Crippen LogP contribution in [0, 0.1) is 0 Å². The topological polar surface area (TPSA) is 113 Å². The van der Waals surface area contributed by atoms with Gasteiger partial charge in [-0.25, -0.2) is 9.78 Å². The summed E-state index contributed by atoms with van der Waals surface area (Å²) in [7, 11) is 0. The molecule has 0 atom stereocenters. The number of anilines is 1. The van der Waals surface area contributed by atoms with Crippen molar-refractivity contribution >= 4 is 34.3 Å². The molecular weight excluding hydrogens is 340 g/mol. The van der Waals surface area contributed by atoms with Crippen LogP contribution in [0.25, 0.3) is 0 Å². The number of esters is 2. The van der Waals surface area contributed by atoms with Crippen molar-refractivity contribution < 1.29 is 33.3 Å². The average Bonchev–Trinajstić information content (AvgIpc) is 3.00. The van der Waals surface area contributed by atoms with Gasteiger partial charge in [0.15, 0.2) is 11.7 Å². The van der Waals surface area contributed by atoms with Gasteiger partial charge in [0.2, 0.25) is 5.76 Å². The smallest absolute Gasteiger partial charge is 0.377 e. The number of carbonyl (C=O) groups is 3. The van der Waals surface area contributed by atoms with Gasteiger partial charge in [-0.15, -0.1) is 11.3 Å².